The fraction of sp³-hybridized carbons (Fsp3) is 0.417. The lowest BCUT2D eigenvalue weighted by Gasteiger charge is -2.13. The van der Waals surface area contributed by atoms with Crippen LogP contribution in [-0.2, 0) is 0 Å². The van der Waals surface area contributed by atoms with Crippen LogP contribution in [0.3, 0.4) is 0 Å². The molecule has 0 saturated carbocycles. The number of carbonyl (C=O) groups excluding carboxylic acids is 1. The summed E-state index contributed by atoms with van der Waals surface area (Å²) in [6.07, 6.45) is 2.78. The van der Waals surface area contributed by atoms with Crippen molar-refractivity contribution in [3.8, 4) is 5.75 Å². The number of benzene rings is 1. The van der Waals surface area contributed by atoms with Gasteiger partial charge in [0.25, 0.3) is 0 Å². The lowest BCUT2D eigenvalue weighted by atomic mass is 9.93. The minimum absolute atomic E-state index is 0.0874. The van der Waals surface area contributed by atoms with Crippen molar-refractivity contribution in [2.24, 2.45) is 0 Å². The number of hydrogen-bond donors (Lipinski definition) is 1. The van der Waals surface area contributed by atoms with E-state index in [0.717, 1.165) is 18.4 Å². The predicted molar refractivity (Wildman–Crippen MR) is 56.8 cm³/mol. The molecule has 0 unspecified atom stereocenters. The molecule has 0 amide bonds. The van der Waals surface area contributed by atoms with Crippen molar-refractivity contribution in [1.29, 1.82) is 0 Å². The van der Waals surface area contributed by atoms with Gasteiger partial charge in [0.05, 0.1) is 5.56 Å². The van der Waals surface area contributed by atoms with Gasteiger partial charge in [0.2, 0.25) is 0 Å². The monoisotopic (exact) mass is 192 g/mol. The zero-order valence-corrected chi connectivity index (χ0v) is 8.66. The maximum absolute atomic E-state index is 10.5. The zero-order valence-electron chi connectivity index (χ0n) is 8.66. The SMILES string of the molecule is CCC(CC)c1ccc(C=O)c(O)c1. The molecule has 0 saturated heterocycles. The van der Waals surface area contributed by atoms with Gasteiger partial charge in [-0.25, -0.2) is 0 Å². The van der Waals surface area contributed by atoms with E-state index >= 15 is 0 Å². The largest absolute Gasteiger partial charge is 0.507 e. The van der Waals surface area contributed by atoms with E-state index in [1.54, 1.807) is 12.1 Å². The van der Waals surface area contributed by atoms with E-state index in [2.05, 4.69) is 13.8 Å². The molecule has 2 nitrogen and oxygen atoms in total. The summed E-state index contributed by atoms with van der Waals surface area (Å²) in [6.45, 7) is 4.25. The fourth-order valence-corrected chi connectivity index (χ4v) is 1.67. The van der Waals surface area contributed by atoms with Gasteiger partial charge in [-0.05, 0) is 36.5 Å². The molecule has 0 aliphatic carbocycles. The Kier molecular flexibility index (Phi) is 3.69. The summed E-state index contributed by atoms with van der Waals surface area (Å²) < 4.78 is 0. The first-order valence-electron chi connectivity index (χ1n) is 5.01. The van der Waals surface area contributed by atoms with Crippen LogP contribution in [-0.4, -0.2) is 11.4 Å². The average molecular weight is 192 g/mol. The number of rotatable bonds is 4. The number of phenolic OH excluding ortho intramolecular Hbond substituents is 1. The van der Waals surface area contributed by atoms with Gasteiger partial charge in [0, 0.05) is 0 Å². The molecule has 0 bridgehead atoms. The van der Waals surface area contributed by atoms with Gasteiger partial charge in [-0.1, -0.05) is 19.9 Å². The summed E-state index contributed by atoms with van der Waals surface area (Å²) in [4.78, 5) is 10.5. The number of aromatic hydroxyl groups is 1. The van der Waals surface area contributed by atoms with Crippen LogP contribution in [0.5, 0.6) is 5.75 Å². The van der Waals surface area contributed by atoms with E-state index in [0.29, 0.717) is 17.8 Å². The third kappa shape index (κ3) is 2.13. The van der Waals surface area contributed by atoms with Gasteiger partial charge >= 0.3 is 0 Å². The van der Waals surface area contributed by atoms with Crippen LogP contribution in [0, 0.1) is 0 Å². The van der Waals surface area contributed by atoms with Gasteiger partial charge in [-0.2, -0.15) is 0 Å². The molecule has 0 fully saturated rings. The van der Waals surface area contributed by atoms with Crippen molar-refractivity contribution in [2.75, 3.05) is 0 Å². The summed E-state index contributed by atoms with van der Waals surface area (Å²) in [7, 11) is 0. The maximum atomic E-state index is 10.5. The molecule has 0 aliphatic heterocycles. The van der Waals surface area contributed by atoms with Gasteiger partial charge in [-0.15, -0.1) is 0 Å². The lowest BCUT2D eigenvalue weighted by molar-refractivity contribution is 0.112. The Balaban J connectivity index is 3.00. The van der Waals surface area contributed by atoms with Crippen molar-refractivity contribution in [2.45, 2.75) is 32.6 Å². The van der Waals surface area contributed by atoms with Crippen LogP contribution in [0.1, 0.15) is 48.5 Å². The van der Waals surface area contributed by atoms with Crippen LogP contribution in [0.2, 0.25) is 0 Å². The minimum Gasteiger partial charge on any atom is -0.507 e. The second-order valence-corrected chi connectivity index (χ2v) is 3.45. The quantitative estimate of drug-likeness (QED) is 0.744. The highest BCUT2D eigenvalue weighted by Crippen LogP contribution is 2.27. The molecule has 0 heterocycles. The topological polar surface area (TPSA) is 37.3 Å². The fourth-order valence-electron chi connectivity index (χ4n) is 1.67. The normalized spacial score (nSPS) is 10.5. The Hall–Kier alpha value is -1.31. The van der Waals surface area contributed by atoms with Crippen molar-refractivity contribution in [3.63, 3.8) is 0 Å². The van der Waals surface area contributed by atoms with Gasteiger partial charge < -0.3 is 5.11 Å². The van der Waals surface area contributed by atoms with Crippen molar-refractivity contribution in [3.05, 3.63) is 29.3 Å². The highest BCUT2D eigenvalue weighted by atomic mass is 16.3. The van der Waals surface area contributed by atoms with Crippen LogP contribution in [0.4, 0.5) is 0 Å². The first kappa shape index (κ1) is 10.8. The molecule has 0 aromatic heterocycles. The van der Waals surface area contributed by atoms with Gasteiger partial charge in [0.15, 0.2) is 6.29 Å². The molecule has 0 spiro atoms. The average Bonchev–Trinajstić information content (AvgIpc) is 2.20. The van der Waals surface area contributed by atoms with E-state index in [4.69, 9.17) is 0 Å². The molecular formula is C12H16O2. The first-order chi connectivity index (χ1) is 6.72. The van der Waals surface area contributed by atoms with E-state index in [1.165, 1.54) is 0 Å². The van der Waals surface area contributed by atoms with E-state index in [1.807, 2.05) is 6.07 Å². The van der Waals surface area contributed by atoms with E-state index in [-0.39, 0.29) is 5.75 Å². The molecule has 0 atom stereocenters. The number of aldehydes is 1. The van der Waals surface area contributed by atoms with Crippen LogP contribution >= 0.6 is 0 Å². The van der Waals surface area contributed by atoms with Crippen molar-refractivity contribution < 1.29 is 9.90 Å². The lowest BCUT2D eigenvalue weighted by Crippen LogP contribution is -1.95. The zero-order chi connectivity index (χ0) is 10.6. The molecule has 76 valence electrons. The molecule has 2 heteroatoms. The molecule has 1 N–H and O–H groups in total. The Morgan fingerprint density at radius 3 is 2.43 bits per heavy atom. The second kappa shape index (κ2) is 4.80. The van der Waals surface area contributed by atoms with E-state index in [9.17, 15) is 9.90 Å². The molecule has 0 aliphatic rings. The highest BCUT2D eigenvalue weighted by Gasteiger charge is 2.09. The molecule has 1 aromatic rings. The van der Waals surface area contributed by atoms with Crippen LogP contribution < -0.4 is 0 Å². The molecule has 1 aromatic carbocycles. The highest BCUT2D eigenvalue weighted by molar-refractivity contribution is 5.79. The summed E-state index contributed by atoms with van der Waals surface area (Å²) >= 11 is 0. The third-order valence-corrected chi connectivity index (χ3v) is 2.64. The van der Waals surface area contributed by atoms with Crippen molar-refractivity contribution >= 4 is 6.29 Å². The standard InChI is InChI=1S/C12H16O2/c1-3-9(4-2)10-5-6-11(8-13)12(14)7-10/h5-9,14H,3-4H2,1-2H3. The Bertz CT molecular complexity index is 314. The Morgan fingerprint density at radius 2 is 2.00 bits per heavy atom. The Labute approximate surface area is 84.6 Å². The second-order valence-electron chi connectivity index (χ2n) is 3.45. The third-order valence-electron chi connectivity index (χ3n) is 2.64. The minimum atomic E-state index is 0.0874. The summed E-state index contributed by atoms with van der Waals surface area (Å²) in [6, 6.07) is 5.29. The van der Waals surface area contributed by atoms with Gasteiger partial charge in [0.1, 0.15) is 5.75 Å². The molecule has 14 heavy (non-hydrogen) atoms. The number of hydrogen-bond acceptors (Lipinski definition) is 2. The van der Waals surface area contributed by atoms with Crippen LogP contribution in [0.15, 0.2) is 18.2 Å². The van der Waals surface area contributed by atoms with E-state index < -0.39 is 0 Å². The maximum Gasteiger partial charge on any atom is 0.153 e. The smallest absolute Gasteiger partial charge is 0.153 e. The Morgan fingerprint density at radius 1 is 1.36 bits per heavy atom. The number of carbonyl (C=O) groups is 1. The number of phenols is 1. The summed E-state index contributed by atoms with van der Waals surface area (Å²) in [5.74, 6) is 0.561. The summed E-state index contributed by atoms with van der Waals surface area (Å²) in [5, 5.41) is 9.50. The van der Waals surface area contributed by atoms with Gasteiger partial charge in [-0.3, -0.25) is 4.79 Å². The van der Waals surface area contributed by atoms with Crippen molar-refractivity contribution in [1.82, 2.24) is 0 Å². The van der Waals surface area contributed by atoms with Crippen LogP contribution in [0.25, 0.3) is 0 Å². The molecular weight excluding hydrogens is 176 g/mol. The molecule has 0 radical (unpaired) electrons. The first-order valence-corrected chi connectivity index (χ1v) is 5.01. The molecule has 1 rings (SSSR count). The summed E-state index contributed by atoms with van der Waals surface area (Å²) in [5.41, 5.74) is 1.47. The predicted octanol–water partition coefficient (Wildman–Crippen LogP) is 3.11.